The van der Waals surface area contributed by atoms with E-state index in [1.54, 1.807) is 0 Å². The number of amides is 2. The summed E-state index contributed by atoms with van der Waals surface area (Å²) in [5.74, 6) is 0.799. The number of halogens is 1. The lowest BCUT2D eigenvalue weighted by Crippen LogP contribution is -2.39. The summed E-state index contributed by atoms with van der Waals surface area (Å²) in [5.41, 5.74) is 0. The molecular formula is C13H17BrN2O2. The molecule has 4 nitrogen and oxygen atoms in total. The molecule has 98 valence electrons. The number of likely N-dealkylation sites (tertiary alicyclic amines) is 1. The first-order valence-electron chi connectivity index (χ1n) is 6.17. The van der Waals surface area contributed by atoms with Crippen LogP contribution in [0.25, 0.3) is 0 Å². The third kappa shape index (κ3) is 3.63. The van der Waals surface area contributed by atoms with Crippen LogP contribution in [-0.4, -0.2) is 37.2 Å². The highest BCUT2D eigenvalue weighted by Gasteiger charge is 2.16. The molecule has 1 heterocycles. The second kappa shape index (κ2) is 6.64. The first-order valence-corrected chi connectivity index (χ1v) is 6.97. The minimum atomic E-state index is 0.0169. The lowest BCUT2D eigenvalue weighted by Gasteiger charge is -2.16. The van der Waals surface area contributed by atoms with Gasteiger partial charge in [-0.2, -0.15) is 0 Å². The molecular weight excluding hydrogens is 296 g/mol. The van der Waals surface area contributed by atoms with E-state index in [0.29, 0.717) is 13.2 Å². The molecule has 18 heavy (non-hydrogen) atoms. The number of carbonyl (C=O) groups is 1. The Hall–Kier alpha value is -1.23. The van der Waals surface area contributed by atoms with E-state index < -0.39 is 0 Å². The summed E-state index contributed by atoms with van der Waals surface area (Å²) in [6.45, 7) is 2.74. The maximum absolute atomic E-state index is 11.7. The summed E-state index contributed by atoms with van der Waals surface area (Å²) in [5, 5.41) is 2.86. The Morgan fingerprint density at radius 1 is 1.33 bits per heavy atom. The third-order valence-corrected chi connectivity index (χ3v) is 3.52. The number of nitrogens with one attached hydrogen (secondary N) is 1. The highest BCUT2D eigenvalue weighted by atomic mass is 79.9. The average molecular weight is 313 g/mol. The van der Waals surface area contributed by atoms with E-state index in [-0.39, 0.29) is 6.03 Å². The van der Waals surface area contributed by atoms with Gasteiger partial charge in [0, 0.05) is 13.1 Å². The molecule has 1 N–H and O–H groups in total. The summed E-state index contributed by atoms with van der Waals surface area (Å²) >= 11 is 3.41. The standard InChI is InChI=1S/C13H17BrN2O2/c14-11-5-1-2-6-12(11)18-10-7-15-13(17)16-8-3-4-9-16/h1-2,5-6H,3-4,7-10H2,(H,15,17). The maximum Gasteiger partial charge on any atom is 0.317 e. The molecule has 1 saturated heterocycles. The lowest BCUT2D eigenvalue weighted by atomic mass is 10.3. The SMILES string of the molecule is O=C(NCCOc1ccccc1Br)N1CCCC1. The topological polar surface area (TPSA) is 41.6 Å². The maximum atomic E-state index is 11.7. The first-order chi connectivity index (χ1) is 8.77. The minimum Gasteiger partial charge on any atom is -0.491 e. The second-order valence-corrected chi connectivity index (χ2v) is 5.06. The summed E-state index contributed by atoms with van der Waals surface area (Å²) < 4.78 is 6.50. The van der Waals surface area contributed by atoms with Crippen LogP contribution in [0.15, 0.2) is 28.7 Å². The summed E-state index contributed by atoms with van der Waals surface area (Å²) in [6.07, 6.45) is 2.22. The molecule has 1 aromatic rings. The molecule has 2 amide bonds. The molecule has 1 aliphatic heterocycles. The number of para-hydroxylation sites is 1. The van der Waals surface area contributed by atoms with Crippen LogP contribution in [0, 0.1) is 0 Å². The molecule has 2 rings (SSSR count). The highest BCUT2D eigenvalue weighted by molar-refractivity contribution is 9.10. The molecule has 0 unspecified atom stereocenters. The first kappa shape index (κ1) is 13.2. The van der Waals surface area contributed by atoms with Gasteiger partial charge in [0.25, 0.3) is 0 Å². The van der Waals surface area contributed by atoms with Crippen LogP contribution in [0.4, 0.5) is 4.79 Å². The van der Waals surface area contributed by atoms with Crippen molar-refractivity contribution in [2.45, 2.75) is 12.8 Å². The number of benzene rings is 1. The molecule has 0 atom stereocenters. The molecule has 1 aromatic carbocycles. The molecule has 0 radical (unpaired) electrons. The molecule has 0 aliphatic carbocycles. The average Bonchev–Trinajstić information content (AvgIpc) is 2.90. The Labute approximate surface area is 115 Å². The number of ether oxygens (including phenoxy) is 1. The van der Waals surface area contributed by atoms with Gasteiger partial charge >= 0.3 is 6.03 Å². The normalized spacial score (nSPS) is 14.6. The fourth-order valence-electron chi connectivity index (χ4n) is 1.91. The Balaban J connectivity index is 1.67. The van der Waals surface area contributed by atoms with Crippen LogP contribution in [0.2, 0.25) is 0 Å². The summed E-state index contributed by atoms with van der Waals surface area (Å²) in [7, 11) is 0. The van der Waals surface area contributed by atoms with Gasteiger partial charge in [-0.3, -0.25) is 0 Å². The van der Waals surface area contributed by atoms with Crippen LogP contribution in [0.1, 0.15) is 12.8 Å². The van der Waals surface area contributed by atoms with Crippen LogP contribution < -0.4 is 10.1 Å². The van der Waals surface area contributed by atoms with Crippen molar-refractivity contribution in [1.29, 1.82) is 0 Å². The molecule has 0 spiro atoms. The van der Waals surface area contributed by atoms with Gasteiger partial charge in [-0.05, 0) is 40.9 Å². The Kier molecular flexibility index (Phi) is 4.87. The van der Waals surface area contributed by atoms with Crippen molar-refractivity contribution in [3.63, 3.8) is 0 Å². The van der Waals surface area contributed by atoms with Crippen molar-refractivity contribution in [3.8, 4) is 5.75 Å². The van der Waals surface area contributed by atoms with Gasteiger partial charge in [0.2, 0.25) is 0 Å². The molecule has 0 aromatic heterocycles. The minimum absolute atomic E-state index is 0.0169. The quantitative estimate of drug-likeness (QED) is 0.868. The van der Waals surface area contributed by atoms with Gasteiger partial charge in [0.15, 0.2) is 0 Å². The Bertz CT molecular complexity index is 406. The van der Waals surface area contributed by atoms with Crippen molar-refractivity contribution in [3.05, 3.63) is 28.7 Å². The van der Waals surface area contributed by atoms with Crippen LogP contribution in [-0.2, 0) is 0 Å². The smallest absolute Gasteiger partial charge is 0.317 e. The van der Waals surface area contributed by atoms with Crippen molar-refractivity contribution in [2.24, 2.45) is 0 Å². The largest absolute Gasteiger partial charge is 0.491 e. The number of nitrogens with zero attached hydrogens (tertiary/aromatic N) is 1. The molecule has 0 bridgehead atoms. The van der Waals surface area contributed by atoms with E-state index in [1.165, 1.54) is 0 Å². The monoisotopic (exact) mass is 312 g/mol. The number of urea groups is 1. The van der Waals surface area contributed by atoms with E-state index in [4.69, 9.17) is 4.74 Å². The van der Waals surface area contributed by atoms with Crippen LogP contribution in [0.5, 0.6) is 5.75 Å². The fraction of sp³-hybridized carbons (Fsp3) is 0.462. The third-order valence-electron chi connectivity index (χ3n) is 2.87. The van der Waals surface area contributed by atoms with Crippen molar-refractivity contribution >= 4 is 22.0 Å². The number of hydrogen-bond acceptors (Lipinski definition) is 2. The predicted molar refractivity (Wildman–Crippen MR) is 73.8 cm³/mol. The van der Waals surface area contributed by atoms with Gasteiger partial charge in [-0.15, -0.1) is 0 Å². The van der Waals surface area contributed by atoms with Crippen molar-refractivity contribution in [2.75, 3.05) is 26.2 Å². The van der Waals surface area contributed by atoms with Crippen LogP contribution in [0.3, 0.4) is 0 Å². The Morgan fingerprint density at radius 3 is 2.78 bits per heavy atom. The molecule has 1 fully saturated rings. The highest BCUT2D eigenvalue weighted by Crippen LogP contribution is 2.23. The number of rotatable bonds is 4. The molecule has 1 aliphatic rings. The lowest BCUT2D eigenvalue weighted by molar-refractivity contribution is 0.205. The van der Waals surface area contributed by atoms with Gasteiger partial charge in [0.05, 0.1) is 11.0 Å². The van der Waals surface area contributed by atoms with Gasteiger partial charge < -0.3 is 15.0 Å². The van der Waals surface area contributed by atoms with E-state index in [2.05, 4.69) is 21.2 Å². The van der Waals surface area contributed by atoms with E-state index in [0.717, 1.165) is 36.2 Å². The van der Waals surface area contributed by atoms with Crippen molar-refractivity contribution in [1.82, 2.24) is 10.2 Å². The van der Waals surface area contributed by atoms with Crippen molar-refractivity contribution < 1.29 is 9.53 Å². The van der Waals surface area contributed by atoms with Crippen LogP contribution >= 0.6 is 15.9 Å². The predicted octanol–water partition coefficient (Wildman–Crippen LogP) is 2.63. The zero-order chi connectivity index (χ0) is 12.8. The van der Waals surface area contributed by atoms with E-state index >= 15 is 0 Å². The summed E-state index contributed by atoms with van der Waals surface area (Å²) in [4.78, 5) is 13.5. The number of hydrogen-bond donors (Lipinski definition) is 1. The second-order valence-electron chi connectivity index (χ2n) is 4.20. The van der Waals surface area contributed by atoms with Gasteiger partial charge in [0.1, 0.15) is 12.4 Å². The molecule has 5 heteroatoms. The number of carbonyl (C=O) groups excluding carboxylic acids is 1. The Morgan fingerprint density at radius 2 is 2.06 bits per heavy atom. The van der Waals surface area contributed by atoms with Gasteiger partial charge in [-0.25, -0.2) is 4.79 Å². The summed E-state index contributed by atoms with van der Waals surface area (Å²) in [6, 6.07) is 7.70. The van der Waals surface area contributed by atoms with E-state index in [1.807, 2.05) is 29.2 Å². The van der Waals surface area contributed by atoms with E-state index in [9.17, 15) is 4.79 Å². The zero-order valence-corrected chi connectivity index (χ0v) is 11.8. The fourth-order valence-corrected chi connectivity index (χ4v) is 2.31. The van der Waals surface area contributed by atoms with Gasteiger partial charge in [-0.1, -0.05) is 12.1 Å². The zero-order valence-electron chi connectivity index (χ0n) is 10.2. The molecule has 0 saturated carbocycles.